The summed E-state index contributed by atoms with van der Waals surface area (Å²) in [6, 6.07) is 5.95. The first kappa shape index (κ1) is 24.1. The molecule has 5 rings (SSSR count). The van der Waals surface area contributed by atoms with Crippen molar-refractivity contribution in [3.05, 3.63) is 64.2 Å². The van der Waals surface area contributed by atoms with Gasteiger partial charge in [-0.25, -0.2) is 9.67 Å². The van der Waals surface area contributed by atoms with Crippen LogP contribution in [0.3, 0.4) is 0 Å². The van der Waals surface area contributed by atoms with Crippen molar-refractivity contribution < 1.29 is 28.2 Å². The highest BCUT2D eigenvalue weighted by Gasteiger charge is 2.39. The number of halogens is 3. The van der Waals surface area contributed by atoms with E-state index in [2.05, 4.69) is 10.3 Å². The summed E-state index contributed by atoms with van der Waals surface area (Å²) in [5, 5.41) is 28.7. The lowest BCUT2D eigenvalue weighted by Gasteiger charge is -2.36. The molecule has 36 heavy (non-hydrogen) atoms. The first-order valence-corrected chi connectivity index (χ1v) is 11.8. The first-order chi connectivity index (χ1) is 17.1. The van der Waals surface area contributed by atoms with Crippen molar-refractivity contribution in [2.45, 2.75) is 44.8 Å². The number of pyridine rings is 1. The molecule has 3 aromatic rings. The summed E-state index contributed by atoms with van der Waals surface area (Å²) in [6.07, 6.45) is -2.90. The average Bonchev–Trinajstić information content (AvgIpc) is 3.05. The Hall–Kier alpha value is -3.60. The number of aromatic nitrogens is 3. The van der Waals surface area contributed by atoms with E-state index < -0.39 is 29.6 Å². The molecule has 11 heteroatoms. The van der Waals surface area contributed by atoms with Crippen molar-refractivity contribution in [2.75, 3.05) is 19.6 Å². The van der Waals surface area contributed by atoms with Crippen molar-refractivity contribution in [1.29, 1.82) is 0 Å². The van der Waals surface area contributed by atoms with E-state index in [9.17, 15) is 28.2 Å². The maximum Gasteiger partial charge on any atom is 0.437 e. The Bertz CT molecular complexity index is 1340. The second-order valence-electron chi connectivity index (χ2n) is 9.43. The van der Waals surface area contributed by atoms with Gasteiger partial charge in [-0.2, -0.15) is 18.3 Å². The zero-order valence-electron chi connectivity index (χ0n) is 19.8. The van der Waals surface area contributed by atoms with Crippen molar-refractivity contribution >= 4 is 5.91 Å². The average molecular weight is 502 g/mol. The number of hydrogen-bond donors (Lipinski definition) is 3. The highest BCUT2D eigenvalue weighted by Crippen LogP contribution is 2.39. The van der Waals surface area contributed by atoms with Gasteiger partial charge in [0.25, 0.3) is 5.91 Å². The Kier molecular flexibility index (Phi) is 5.90. The standard InChI is InChI=1S/C25H26F3N5O3/c1-13(2)14-3-4-17(20(34)9-14)33-18-6-8-32(19-12-29-7-5-16(31-33)22(18)19)24(36)15-10-21(35)23(30-11-15)25(26,27)28/h3-4,9-11,13,19,29,34-35H,5-8,12H2,1-2H3. The van der Waals surface area contributed by atoms with Crippen LogP contribution in [0, 0.1) is 0 Å². The second-order valence-corrected chi connectivity index (χ2v) is 9.43. The maximum absolute atomic E-state index is 13.4. The number of alkyl halides is 3. The minimum Gasteiger partial charge on any atom is -0.506 e. The molecule has 0 radical (unpaired) electrons. The molecule has 0 saturated heterocycles. The van der Waals surface area contributed by atoms with E-state index in [1.807, 2.05) is 26.0 Å². The fourth-order valence-corrected chi connectivity index (χ4v) is 5.00. The third-order valence-electron chi connectivity index (χ3n) is 6.81. The molecule has 0 aliphatic carbocycles. The lowest BCUT2D eigenvalue weighted by atomic mass is 9.95. The summed E-state index contributed by atoms with van der Waals surface area (Å²) in [6.45, 7) is 5.46. The number of carbonyl (C=O) groups is 1. The van der Waals surface area contributed by atoms with Gasteiger partial charge in [-0.15, -0.1) is 0 Å². The van der Waals surface area contributed by atoms with Gasteiger partial charge in [-0.05, 0) is 29.7 Å². The predicted octanol–water partition coefficient (Wildman–Crippen LogP) is 3.71. The predicted molar refractivity (Wildman–Crippen MR) is 124 cm³/mol. The monoisotopic (exact) mass is 501 g/mol. The van der Waals surface area contributed by atoms with Gasteiger partial charge >= 0.3 is 6.18 Å². The van der Waals surface area contributed by atoms with Crippen LogP contribution >= 0.6 is 0 Å². The molecule has 2 aromatic heterocycles. The number of rotatable bonds is 3. The van der Waals surface area contributed by atoms with Gasteiger partial charge in [0.15, 0.2) is 5.69 Å². The minimum atomic E-state index is -4.82. The second kappa shape index (κ2) is 8.81. The van der Waals surface area contributed by atoms with Crippen LogP contribution in [0.1, 0.15) is 64.4 Å². The van der Waals surface area contributed by atoms with Crippen molar-refractivity contribution in [1.82, 2.24) is 25.0 Å². The maximum atomic E-state index is 13.4. The number of nitrogens with one attached hydrogen (secondary N) is 1. The molecule has 4 heterocycles. The quantitative estimate of drug-likeness (QED) is 0.506. The largest absolute Gasteiger partial charge is 0.506 e. The molecule has 0 saturated carbocycles. The van der Waals surface area contributed by atoms with Crippen molar-refractivity contribution in [2.24, 2.45) is 0 Å². The van der Waals surface area contributed by atoms with E-state index >= 15 is 0 Å². The molecule has 2 aliphatic heterocycles. The number of aromatic hydroxyl groups is 2. The van der Waals surface area contributed by atoms with Crippen molar-refractivity contribution in [3.8, 4) is 17.2 Å². The molecule has 1 unspecified atom stereocenters. The Balaban J connectivity index is 1.52. The third-order valence-corrected chi connectivity index (χ3v) is 6.81. The van der Waals surface area contributed by atoms with Gasteiger partial charge in [0.2, 0.25) is 0 Å². The fraction of sp³-hybridized carbons (Fsp3) is 0.400. The molecule has 1 atom stereocenters. The molecular weight excluding hydrogens is 475 g/mol. The highest BCUT2D eigenvalue weighted by molar-refractivity contribution is 5.95. The molecular formula is C25H26F3N5O3. The molecule has 1 aromatic carbocycles. The lowest BCUT2D eigenvalue weighted by molar-refractivity contribution is -0.142. The van der Waals surface area contributed by atoms with Crippen LogP contribution in [0.4, 0.5) is 13.2 Å². The number of hydrogen-bond acceptors (Lipinski definition) is 6. The number of phenols is 1. The lowest BCUT2D eigenvalue weighted by Crippen LogP contribution is -2.44. The van der Waals surface area contributed by atoms with Gasteiger partial charge in [0, 0.05) is 44.2 Å². The van der Waals surface area contributed by atoms with Gasteiger partial charge < -0.3 is 20.4 Å². The Morgan fingerprint density at radius 2 is 1.94 bits per heavy atom. The number of nitrogens with zero attached hydrogens (tertiary/aromatic N) is 4. The van der Waals surface area contributed by atoms with Crippen LogP contribution < -0.4 is 5.32 Å². The summed E-state index contributed by atoms with van der Waals surface area (Å²) in [5.41, 5.74) is 2.60. The van der Waals surface area contributed by atoms with Gasteiger partial charge in [-0.1, -0.05) is 19.9 Å². The van der Waals surface area contributed by atoms with E-state index in [-0.39, 0.29) is 23.8 Å². The normalized spacial score (nSPS) is 17.7. The molecule has 2 aliphatic rings. The number of benzene rings is 1. The highest BCUT2D eigenvalue weighted by atomic mass is 19.4. The van der Waals surface area contributed by atoms with Gasteiger partial charge in [0.05, 0.1) is 23.0 Å². The molecule has 0 fully saturated rings. The summed E-state index contributed by atoms with van der Waals surface area (Å²) >= 11 is 0. The van der Waals surface area contributed by atoms with Gasteiger partial charge in [-0.3, -0.25) is 4.79 Å². The SMILES string of the molecule is CC(C)c1ccc(-n2nc3c4c2CCN(C(=O)c2cnc(C(F)(F)F)c(O)c2)C4CNCC3)c(O)c1. The summed E-state index contributed by atoms with van der Waals surface area (Å²) in [5.74, 6) is -1.23. The topological polar surface area (TPSA) is 104 Å². The first-order valence-electron chi connectivity index (χ1n) is 11.8. The fourth-order valence-electron chi connectivity index (χ4n) is 5.00. The van der Waals surface area contributed by atoms with E-state index in [1.54, 1.807) is 15.6 Å². The number of amides is 1. The van der Waals surface area contributed by atoms with E-state index in [4.69, 9.17) is 5.10 Å². The Morgan fingerprint density at radius 3 is 2.61 bits per heavy atom. The summed E-state index contributed by atoms with van der Waals surface area (Å²) in [4.78, 5) is 18.3. The molecule has 0 bridgehead atoms. The van der Waals surface area contributed by atoms with E-state index in [1.165, 1.54) is 0 Å². The summed E-state index contributed by atoms with van der Waals surface area (Å²) in [7, 11) is 0. The number of carbonyl (C=O) groups excluding carboxylic acids is 1. The van der Waals surface area contributed by atoms with Crippen LogP contribution in [-0.2, 0) is 19.0 Å². The molecule has 0 spiro atoms. The van der Waals surface area contributed by atoms with Crippen LogP contribution in [0.15, 0.2) is 30.5 Å². The molecule has 190 valence electrons. The van der Waals surface area contributed by atoms with Crippen LogP contribution in [0.5, 0.6) is 11.5 Å². The zero-order chi connectivity index (χ0) is 25.8. The third kappa shape index (κ3) is 4.06. The van der Waals surface area contributed by atoms with Crippen molar-refractivity contribution in [3.63, 3.8) is 0 Å². The van der Waals surface area contributed by atoms with Crippen LogP contribution in [0.25, 0.3) is 5.69 Å². The zero-order valence-corrected chi connectivity index (χ0v) is 19.8. The molecule has 3 N–H and O–H groups in total. The van der Waals surface area contributed by atoms with E-state index in [0.717, 1.165) is 34.8 Å². The Morgan fingerprint density at radius 1 is 1.17 bits per heavy atom. The van der Waals surface area contributed by atoms with Gasteiger partial charge in [0.1, 0.15) is 17.2 Å². The Labute approximate surface area is 205 Å². The van der Waals surface area contributed by atoms with Crippen LogP contribution in [-0.4, -0.2) is 55.4 Å². The molecule has 8 nitrogen and oxygen atoms in total. The van der Waals surface area contributed by atoms with Crippen LogP contribution in [0.2, 0.25) is 0 Å². The van der Waals surface area contributed by atoms with E-state index in [0.29, 0.717) is 31.6 Å². The number of phenolic OH excluding ortho intramolecular Hbond substituents is 1. The molecule has 1 amide bonds. The smallest absolute Gasteiger partial charge is 0.437 e. The summed E-state index contributed by atoms with van der Waals surface area (Å²) < 4.78 is 40.7. The minimum absolute atomic E-state index is 0.120.